The zero-order chi connectivity index (χ0) is 7.28. The van der Waals surface area contributed by atoms with Crippen LogP contribution in [0.2, 0.25) is 0 Å². The average molecular weight is 129 g/mol. The van der Waals surface area contributed by atoms with E-state index in [-0.39, 0.29) is 5.91 Å². The molecule has 0 unspecified atom stereocenters. The molecule has 1 radical (unpaired) electrons. The molecule has 9 heavy (non-hydrogen) atoms. The Labute approximate surface area is 56.9 Å². The van der Waals surface area contributed by atoms with Gasteiger partial charge in [0.1, 0.15) is 13.1 Å². The number of nitrogens with zero attached hydrogens (tertiary/aromatic N) is 1. The van der Waals surface area contributed by atoms with Crippen LogP contribution in [0.15, 0.2) is 0 Å². The second-order valence-corrected chi connectivity index (χ2v) is 1.92. The van der Waals surface area contributed by atoms with Gasteiger partial charge < -0.3 is 0 Å². The van der Waals surface area contributed by atoms with Gasteiger partial charge in [-0.1, -0.05) is 6.92 Å². The predicted molar refractivity (Wildman–Crippen MR) is 38.5 cm³/mol. The minimum absolute atomic E-state index is 0.250. The summed E-state index contributed by atoms with van der Waals surface area (Å²) in [7, 11) is 0. The lowest BCUT2D eigenvalue weighted by Crippen LogP contribution is -2.35. The molecule has 0 aliphatic heterocycles. The molecule has 0 N–H and O–H groups in total. The van der Waals surface area contributed by atoms with Crippen LogP contribution >= 0.6 is 0 Å². The molecule has 0 atom stereocenters. The summed E-state index contributed by atoms with van der Waals surface area (Å²) in [6.45, 7) is 7.56. The molecule has 2 heteroatoms. The summed E-state index contributed by atoms with van der Waals surface area (Å²) in [5.74, 6) is 0.250. The number of hydrogen-bond donors (Lipinski definition) is 0. The molecule has 0 saturated heterocycles. The smallest absolute Gasteiger partial charge is 0.225 e. The zero-order valence-corrected chi connectivity index (χ0v) is 6.48. The Balaban J connectivity index is 3.64. The van der Waals surface area contributed by atoms with Gasteiger partial charge in [0.05, 0.1) is 6.42 Å². The van der Waals surface area contributed by atoms with Gasteiger partial charge in [0.15, 0.2) is 0 Å². The maximum atomic E-state index is 10.9. The molecule has 53 valence electrons. The van der Waals surface area contributed by atoms with Crippen LogP contribution in [0.3, 0.4) is 0 Å². The Bertz CT molecular complexity index is 86.9. The molecule has 0 aromatic rings. The first-order valence-electron chi connectivity index (χ1n) is 3.54. The molecule has 0 aromatic carbocycles. The first kappa shape index (κ1) is 8.63. The lowest BCUT2D eigenvalue weighted by atomic mass is 10.4. The number of hydrogen-bond acceptors (Lipinski definition) is 1. The van der Waals surface area contributed by atoms with E-state index in [1.165, 1.54) is 0 Å². The quantitative estimate of drug-likeness (QED) is 0.523. The van der Waals surface area contributed by atoms with Crippen molar-refractivity contribution in [2.24, 2.45) is 0 Å². The summed E-state index contributed by atoms with van der Waals surface area (Å²) in [5, 5.41) is 0. The van der Waals surface area contributed by atoms with E-state index in [0.29, 0.717) is 6.42 Å². The van der Waals surface area contributed by atoms with Crippen molar-refractivity contribution in [1.29, 1.82) is 0 Å². The highest BCUT2D eigenvalue weighted by molar-refractivity contribution is 5.78. The minimum atomic E-state index is 0.250. The Morgan fingerprint density at radius 1 is 1.22 bits per heavy atom. The summed E-state index contributed by atoms with van der Waals surface area (Å²) >= 11 is 0. The van der Waals surface area contributed by atoms with Crippen molar-refractivity contribution >= 4 is 5.91 Å². The van der Waals surface area contributed by atoms with Gasteiger partial charge in [-0.25, -0.2) is 4.79 Å². The maximum Gasteiger partial charge on any atom is 0.360 e. The minimum Gasteiger partial charge on any atom is -0.225 e. The highest BCUT2D eigenvalue weighted by Gasteiger charge is 2.17. The highest BCUT2D eigenvalue weighted by Crippen LogP contribution is 1.87. The molecule has 0 heterocycles. The van der Waals surface area contributed by atoms with Gasteiger partial charge in [-0.15, -0.1) is 4.90 Å². The van der Waals surface area contributed by atoms with Crippen molar-refractivity contribution in [3.8, 4) is 0 Å². The Morgan fingerprint density at radius 3 is 1.78 bits per heavy atom. The molecule has 0 aliphatic rings. The Morgan fingerprint density at radius 2 is 1.67 bits per heavy atom. The van der Waals surface area contributed by atoms with Crippen molar-refractivity contribution in [3.63, 3.8) is 0 Å². The topological polar surface area (TPSA) is 23.0 Å². The van der Waals surface area contributed by atoms with Gasteiger partial charge in [-0.05, 0) is 13.8 Å². The molecule has 2 nitrogen and oxygen atoms in total. The number of rotatable bonds is 3. The van der Waals surface area contributed by atoms with E-state index in [2.05, 4.69) is 0 Å². The fourth-order valence-corrected chi connectivity index (χ4v) is 0.800. The molecule has 1 amide bonds. The summed E-state index contributed by atoms with van der Waals surface area (Å²) in [6, 6.07) is 0. The van der Waals surface area contributed by atoms with Crippen LogP contribution in [-0.4, -0.2) is 19.0 Å². The van der Waals surface area contributed by atoms with Gasteiger partial charge in [-0.3, -0.25) is 0 Å². The van der Waals surface area contributed by atoms with Crippen LogP contribution < -0.4 is 4.90 Å². The van der Waals surface area contributed by atoms with E-state index < -0.39 is 0 Å². The van der Waals surface area contributed by atoms with Crippen LogP contribution in [0.5, 0.6) is 0 Å². The summed E-state index contributed by atoms with van der Waals surface area (Å²) < 4.78 is 0. The van der Waals surface area contributed by atoms with E-state index >= 15 is 0 Å². The predicted octanol–water partition coefficient (Wildman–Crippen LogP) is 1.10. The average Bonchev–Trinajstić information content (AvgIpc) is 1.90. The largest absolute Gasteiger partial charge is 0.360 e. The molecule has 0 rings (SSSR count). The highest BCUT2D eigenvalue weighted by atomic mass is 16.2. The Kier molecular flexibility index (Phi) is 4.32. The van der Waals surface area contributed by atoms with Gasteiger partial charge >= 0.3 is 5.91 Å². The monoisotopic (exact) mass is 129 g/mol. The van der Waals surface area contributed by atoms with Crippen LogP contribution in [0, 0.1) is 0 Å². The third-order valence-electron chi connectivity index (χ3n) is 1.42. The van der Waals surface area contributed by atoms with Gasteiger partial charge in [-0.2, -0.15) is 0 Å². The van der Waals surface area contributed by atoms with Crippen molar-refractivity contribution < 1.29 is 4.79 Å². The fourth-order valence-electron chi connectivity index (χ4n) is 0.800. The fraction of sp³-hybridized carbons (Fsp3) is 0.857. The van der Waals surface area contributed by atoms with E-state index in [1.807, 2.05) is 25.7 Å². The molecular weight excluding hydrogens is 114 g/mol. The normalized spacial score (nSPS) is 10.2. The number of carbonyl (C=O) groups is 1. The van der Waals surface area contributed by atoms with E-state index in [9.17, 15) is 4.79 Å². The summed E-state index contributed by atoms with van der Waals surface area (Å²) in [6.07, 6.45) is 0.627. The van der Waals surface area contributed by atoms with Crippen molar-refractivity contribution in [3.05, 3.63) is 0 Å². The third kappa shape index (κ3) is 2.61. The SMILES string of the molecule is CCC(=O)[N+](CC)CC. The van der Waals surface area contributed by atoms with E-state index in [1.54, 1.807) is 0 Å². The molecule has 0 fully saturated rings. The molecular formula is C7H15NO+. The van der Waals surface area contributed by atoms with Gasteiger partial charge in [0.2, 0.25) is 0 Å². The Hall–Kier alpha value is -0.370. The lowest BCUT2D eigenvalue weighted by molar-refractivity contribution is -0.125. The van der Waals surface area contributed by atoms with Gasteiger partial charge in [0.25, 0.3) is 0 Å². The number of amides is 1. The molecule has 0 bridgehead atoms. The van der Waals surface area contributed by atoms with Crippen molar-refractivity contribution in [2.75, 3.05) is 13.1 Å². The van der Waals surface area contributed by atoms with Gasteiger partial charge in [0, 0.05) is 0 Å². The first-order chi connectivity index (χ1) is 4.26. The van der Waals surface area contributed by atoms with Crippen LogP contribution in [0.1, 0.15) is 27.2 Å². The molecule has 0 saturated carbocycles. The molecule has 0 spiro atoms. The van der Waals surface area contributed by atoms with Crippen LogP contribution in [0.4, 0.5) is 0 Å². The third-order valence-corrected chi connectivity index (χ3v) is 1.42. The standard InChI is InChI=1S/C7H15NO/c1-4-7(9)8(5-2)6-3/h4-6H2,1-3H3/q+1. The second kappa shape index (κ2) is 4.50. The van der Waals surface area contributed by atoms with E-state index in [0.717, 1.165) is 13.1 Å². The number of carbonyl (C=O) groups excluding carboxylic acids is 1. The lowest BCUT2D eigenvalue weighted by Gasteiger charge is -2.01. The van der Waals surface area contributed by atoms with Crippen LogP contribution in [-0.2, 0) is 4.79 Å². The summed E-state index contributed by atoms with van der Waals surface area (Å²) in [5.41, 5.74) is 0. The van der Waals surface area contributed by atoms with Crippen LogP contribution in [0.25, 0.3) is 0 Å². The summed E-state index contributed by atoms with van der Waals surface area (Å²) in [4.78, 5) is 12.7. The van der Waals surface area contributed by atoms with Crippen molar-refractivity contribution in [1.82, 2.24) is 4.90 Å². The second-order valence-electron chi connectivity index (χ2n) is 1.92. The van der Waals surface area contributed by atoms with E-state index in [4.69, 9.17) is 0 Å². The maximum absolute atomic E-state index is 10.9. The zero-order valence-electron chi connectivity index (χ0n) is 6.48. The molecule has 0 aromatic heterocycles. The van der Waals surface area contributed by atoms with Crippen molar-refractivity contribution in [2.45, 2.75) is 27.2 Å². The first-order valence-corrected chi connectivity index (χ1v) is 3.54. The molecule has 0 aliphatic carbocycles.